The predicted octanol–water partition coefficient (Wildman–Crippen LogP) is 6.89. The number of hydrogen-bond donors (Lipinski definition) is 1. The minimum atomic E-state index is -0.691. The van der Waals surface area contributed by atoms with Gasteiger partial charge in [0.15, 0.2) is 0 Å². The number of rotatable bonds is 10. The summed E-state index contributed by atoms with van der Waals surface area (Å²) in [5, 5.41) is 9.25. The van der Waals surface area contributed by atoms with Gasteiger partial charge in [-0.1, -0.05) is 51.3 Å². The van der Waals surface area contributed by atoms with Crippen molar-refractivity contribution in [3.8, 4) is 0 Å². The summed E-state index contributed by atoms with van der Waals surface area (Å²) < 4.78 is 0. The Labute approximate surface area is 161 Å². The van der Waals surface area contributed by atoms with Crippen LogP contribution < -0.4 is 0 Å². The van der Waals surface area contributed by atoms with E-state index in [1.54, 1.807) is 0 Å². The Morgan fingerprint density at radius 3 is 2.04 bits per heavy atom. The summed E-state index contributed by atoms with van der Waals surface area (Å²) in [5.74, 6) is -0.691. The molecule has 0 bridgehead atoms. The first kappa shape index (κ1) is 22.7. The van der Waals surface area contributed by atoms with Gasteiger partial charge >= 0.3 is 5.97 Å². The van der Waals surface area contributed by atoms with E-state index in [4.69, 9.17) is 0 Å². The highest BCUT2D eigenvalue weighted by Crippen LogP contribution is 2.27. The Hall–Kier alpha value is -1.31. The van der Waals surface area contributed by atoms with Gasteiger partial charge in [-0.2, -0.15) is 0 Å². The van der Waals surface area contributed by atoms with Crippen molar-refractivity contribution in [2.75, 3.05) is 0 Å². The molecule has 1 N–H and O–H groups in total. The quantitative estimate of drug-likeness (QED) is 0.461. The third-order valence-corrected chi connectivity index (χ3v) is 5.39. The fourth-order valence-electron chi connectivity index (χ4n) is 3.61. The molecule has 0 aliphatic heterocycles. The maximum atomic E-state index is 11.2. The lowest BCUT2D eigenvalue weighted by Crippen LogP contribution is -2.23. The van der Waals surface area contributed by atoms with E-state index < -0.39 is 11.4 Å². The molecule has 2 nitrogen and oxygen atoms in total. The monoisotopic (exact) mass is 360 g/mol. The van der Waals surface area contributed by atoms with Gasteiger partial charge in [0, 0.05) is 0 Å². The smallest absolute Gasteiger partial charge is 0.309 e. The molecule has 0 radical (unpaired) electrons. The SMILES string of the molecule is Cc1cc(C)c(CCCCC(C)(C)C)c(CCCCC(C)(C)C(=O)O)c1. The van der Waals surface area contributed by atoms with Crippen LogP contribution in [-0.2, 0) is 17.6 Å². The number of unbranched alkanes of at least 4 members (excludes halogenated alkanes) is 2. The van der Waals surface area contributed by atoms with Crippen molar-refractivity contribution in [3.63, 3.8) is 0 Å². The van der Waals surface area contributed by atoms with E-state index in [2.05, 4.69) is 46.8 Å². The Morgan fingerprint density at radius 2 is 1.46 bits per heavy atom. The minimum Gasteiger partial charge on any atom is -0.481 e. The highest BCUT2D eigenvalue weighted by molar-refractivity contribution is 5.73. The van der Waals surface area contributed by atoms with Crippen molar-refractivity contribution in [1.82, 2.24) is 0 Å². The molecule has 0 amide bonds. The van der Waals surface area contributed by atoms with Gasteiger partial charge in [0.2, 0.25) is 0 Å². The first-order valence-corrected chi connectivity index (χ1v) is 10.2. The Kier molecular flexibility index (Phi) is 8.37. The second-order valence-corrected chi connectivity index (χ2v) is 9.88. The largest absolute Gasteiger partial charge is 0.481 e. The fraction of sp³-hybridized carbons (Fsp3) is 0.708. The molecule has 1 aromatic carbocycles. The molecule has 0 fully saturated rings. The molecule has 0 aliphatic carbocycles. The number of carbonyl (C=O) groups is 1. The zero-order valence-electron chi connectivity index (χ0n) is 18.2. The molecule has 0 saturated heterocycles. The molecule has 26 heavy (non-hydrogen) atoms. The maximum absolute atomic E-state index is 11.2. The zero-order valence-corrected chi connectivity index (χ0v) is 18.2. The van der Waals surface area contributed by atoms with Crippen molar-refractivity contribution in [3.05, 3.63) is 34.4 Å². The van der Waals surface area contributed by atoms with E-state index in [0.29, 0.717) is 5.41 Å². The van der Waals surface area contributed by atoms with Crippen LogP contribution in [-0.4, -0.2) is 11.1 Å². The molecule has 0 saturated carbocycles. The normalized spacial score (nSPS) is 12.4. The van der Waals surface area contributed by atoms with Gasteiger partial charge in [-0.15, -0.1) is 0 Å². The lowest BCUT2D eigenvalue weighted by atomic mass is 9.85. The standard InChI is InChI=1S/C24H40O2/c1-18-16-19(2)21(13-9-10-14-23(3,4)5)20(17-18)12-8-11-15-24(6,7)22(25)26/h16-17H,8-15H2,1-7H3,(H,25,26). The Bertz CT molecular complexity index is 591. The summed E-state index contributed by atoms with van der Waals surface area (Å²) in [6, 6.07) is 4.64. The summed E-state index contributed by atoms with van der Waals surface area (Å²) in [5.41, 5.74) is 5.57. The summed E-state index contributed by atoms with van der Waals surface area (Å²) >= 11 is 0. The highest BCUT2D eigenvalue weighted by atomic mass is 16.4. The van der Waals surface area contributed by atoms with Crippen LogP contribution >= 0.6 is 0 Å². The van der Waals surface area contributed by atoms with Crippen LogP contribution in [0.5, 0.6) is 0 Å². The predicted molar refractivity (Wildman–Crippen MR) is 112 cm³/mol. The Balaban J connectivity index is 2.65. The minimum absolute atomic E-state index is 0.419. The van der Waals surface area contributed by atoms with Gasteiger partial charge in [0.1, 0.15) is 0 Å². The van der Waals surface area contributed by atoms with Crippen LogP contribution in [0.3, 0.4) is 0 Å². The van der Waals surface area contributed by atoms with Crippen LogP contribution in [0.1, 0.15) is 95.4 Å². The zero-order chi connectivity index (χ0) is 20.0. The van der Waals surface area contributed by atoms with Gasteiger partial charge < -0.3 is 5.11 Å². The number of carboxylic acid groups (broad SMARTS) is 1. The van der Waals surface area contributed by atoms with Crippen molar-refractivity contribution < 1.29 is 9.90 Å². The molecule has 0 aromatic heterocycles. The first-order chi connectivity index (χ1) is 11.9. The van der Waals surface area contributed by atoms with E-state index in [9.17, 15) is 9.90 Å². The number of aliphatic carboxylic acids is 1. The highest BCUT2D eigenvalue weighted by Gasteiger charge is 2.26. The summed E-state index contributed by atoms with van der Waals surface area (Å²) in [4.78, 5) is 11.2. The lowest BCUT2D eigenvalue weighted by Gasteiger charge is -2.20. The molecule has 0 aliphatic rings. The molecule has 0 atom stereocenters. The average molecular weight is 361 g/mol. The van der Waals surface area contributed by atoms with E-state index in [1.807, 2.05) is 13.8 Å². The summed E-state index contributed by atoms with van der Waals surface area (Å²) in [7, 11) is 0. The van der Waals surface area contributed by atoms with Crippen LogP contribution in [0.2, 0.25) is 0 Å². The number of aryl methyl sites for hydroxylation is 3. The maximum Gasteiger partial charge on any atom is 0.309 e. The number of hydrogen-bond acceptors (Lipinski definition) is 1. The third-order valence-electron chi connectivity index (χ3n) is 5.39. The van der Waals surface area contributed by atoms with Crippen molar-refractivity contribution >= 4 is 5.97 Å². The lowest BCUT2D eigenvalue weighted by molar-refractivity contribution is -0.147. The summed E-state index contributed by atoms with van der Waals surface area (Å²) in [6.07, 6.45) is 8.81. The Morgan fingerprint density at radius 1 is 0.885 bits per heavy atom. The molecule has 1 aromatic rings. The molecule has 0 heterocycles. The van der Waals surface area contributed by atoms with Crippen LogP contribution in [0.4, 0.5) is 0 Å². The average Bonchev–Trinajstić information content (AvgIpc) is 2.48. The van der Waals surface area contributed by atoms with Gasteiger partial charge in [-0.25, -0.2) is 0 Å². The molecular formula is C24H40O2. The van der Waals surface area contributed by atoms with Crippen molar-refractivity contribution in [2.45, 2.75) is 99.8 Å². The number of benzene rings is 1. The number of carboxylic acids is 1. The van der Waals surface area contributed by atoms with Crippen molar-refractivity contribution in [1.29, 1.82) is 0 Å². The summed E-state index contributed by atoms with van der Waals surface area (Å²) in [6.45, 7) is 15.0. The second kappa shape index (κ2) is 9.58. The van der Waals surface area contributed by atoms with Gasteiger partial charge in [0.05, 0.1) is 5.41 Å². The van der Waals surface area contributed by atoms with E-state index in [0.717, 1.165) is 32.1 Å². The van der Waals surface area contributed by atoms with E-state index in [-0.39, 0.29) is 0 Å². The van der Waals surface area contributed by atoms with Crippen LogP contribution in [0.15, 0.2) is 12.1 Å². The van der Waals surface area contributed by atoms with Crippen LogP contribution in [0, 0.1) is 24.7 Å². The fourth-order valence-corrected chi connectivity index (χ4v) is 3.61. The third kappa shape index (κ3) is 7.93. The van der Waals surface area contributed by atoms with Gasteiger partial charge in [-0.3, -0.25) is 4.79 Å². The first-order valence-electron chi connectivity index (χ1n) is 10.2. The molecule has 0 unspecified atom stereocenters. The molecule has 1 rings (SSSR count). The van der Waals surface area contributed by atoms with Crippen LogP contribution in [0.25, 0.3) is 0 Å². The van der Waals surface area contributed by atoms with Gasteiger partial charge in [0.25, 0.3) is 0 Å². The van der Waals surface area contributed by atoms with E-state index in [1.165, 1.54) is 41.5 Å². The molecule has 2 heteroatoms. The molecule has 148 valence electrons. The second-order valence-electron chi connectivity index (χ2n) is 9.88. The van der Waals surface area contributed by atoms with E-state index >= 15 is 0 Å². The topological polar surface area (TPSA) is 37.3 Å². The van der Waals surface area contributed by atoms with Crippen molar-refractivity contribution in [2.24, 2.45) is 10.8 Å². The van der Waals surface area contributed by atoms with Gasteiger partial charge in [-0.05, 0) is 88.3 Å². The molecule has 0 spiro atoms. The molecular weight excluding hydrogens is 320 g/mol.